The molecule has 0 fully saturated rings. The maximum absolute atomic E-state index is 11.7. The first-order valence-corrected chi connectivity index (χ1v) is 6.54. The van der Waals surface area contributed by atoms with Crippen LogP contribution in [0.1, 0.15) is 17.1 Å². The average molecular weight is 282 g/mol. The molecular formula is C11H14N4O3S. The fourth-order valence-electron chi connectivity index (χ4n) is 1.62. The second kappa shape index (κ2) is 5.45. The summed E-state index contributed by atoms with van der Waals surface area (Å²) in [6.07, 6.45) is 0.0820. The summed E-state index contributed by atoms with van der Waals surface area (Å²) < 4.78 is 1.28. The van der Waals surface area contributed by atoms with E-state index in [4.69, 9.17) is 5.11 Å². The molecule has 2 heterocycles. The first-order chi connectivity index (χ1) is 8.95. The van der Waals surface area contributed by atoms with Gasteiger partial charge in [-0.15, -0.1) is 0 Å². The van der Waals surface area contributed by atoms with Crippen LogP contribution in [0.5, 0.6) is 0 Å². The van der Waals surface area contributed by atoms with Crippen molar-refractivity contribution < 1.29 is 9.90 Å². The molecule has 0 aliphatic carbocycles. The Labute approximate surface area is 113 Å². The Hall–Kier alpha value is -1.80. The van der Waals surface area contributed by atoms with Gasteiger partial charge >= 0.3 is 5.97 Å². The van der Waals surface area contributed by atoms with Crippen LogP contribution in [0, 0.1) is 6.92 Å². The van der Waals surface area contributed by atoms with Crippen LogP contribution in [0.15, 0.2) is 10.9 Å². The maximum Gasteiger partial charge on any atom is 0.304 e. The molecule has 0 aliphatic rings. The predicted octanol–water partition coefficient (Wildman–Crippen LogP) is 0.366. The number of carbonyl (C=O) groups is 1. The molecule has 0 saturated carbocycles. The van der Waals surface area contributed by atoms with Gasteiger partial charge in [0.05, 0.1) is 13.0 Å². The molecular weight excluding hydrogens is 268 g/mol. The number of carboxylic acid groups (broad SMARTS) is 1. The Morgan fingerprint density at radius 2 is 2.32 bits per heavy atom. The summed E-state index contributed by atoms with van der Waals surface area (Å²) in [4.78, 5) is 28.8. The number of hydrogen-bond donors (Lipinski definition) is 1. The van der Waals surface area contributed by atoms with E-state index in [1.807, 2.05) is 11.9 Å². The zero-order valence-corrected chi connectivity index (χ0v) is 11.5. The summed E-state index contributed by atoms with van der Waals surface area (Å²) in [6, 6.07) is 1.44. The lowest BCUT2D eigenvalue weighted by Gasteiger charge is -2.12. The van der Waals surface area contributed by atoms with Crippen molar-refractivity contribution in [2.45, 2.75) is 19.9 Å². The number of nitrogens with zero attached hydrogens (tertiary/aromatic N) is 4. The maximum atomic E-state index is 11.7. The third kappa shape index (κ3) is 3.36. The zero-order chi connectivity index (χ0) is 14.0. The van der Waals surface area contributed by atoms with Crippen molar-refractivity contribution in [2.75, 3.05) is 13.6 Å². The van der Waals surface area contributed by atoms with Gasteiger partial charge in [-0.2, -0.15) is 9.61 Å². The smallest absolute Gasteiger partial charge is 0.304 e. The van der Waals surface area contributed by atoms with Crippen LogP contribution < -0.4 is 5.56 Å². The van der Waals surface area contributed by atoms with E-state index in [0.29, 0.717) is 23.7 Å². The fourth-order valence-corrected chi connectivity index (χ4v) is 2.65. The summed E-state index contributed by atoms with van der Waals surface area (Å²) in [7, 11) is 1.82. The quantitative estimate of drug-likeness (QED) is 0.852. The van der Waals surface area contributed by atoms with Gasteiger partial charge in [0.2, 0.25) is 4.96 Å². The van der Waals surface area contributed by atoms with Crippen LogP contribution in [0.25, 0.3) is 4.96 Å². The Morgan fingerprint density at radius 3 is 3.00 bits per heavy atom. The van der Waals surface area contributed by atoms with Crippen LogP contribution >= 0.6 is 11.3 Å². The Balaban J connectivity index is 2.15. The highest BCUT2D eigenvalue weighted by Gasteiger charge is 2.10. The molecule has 0 spiro atoms. The molecule has 2 rings (SSSR count). The van der Waals surface area contributed by atoms with Gasteiger partial charge in [-0.25, -0.2) is 4.98 Å². The number of aliphatic carboxylic acids is 1. The van der Waals surface area contributed by atoms with E-state index in [9.17, 15) is 9.59 Å². The number of aryl methyl sites for hydroxylation is 1. The van der Waals surface area contributed by atoms with Crippen molar-refractivity contribution in [1.82, 2.24) is 19.5 Å². The molecule has 2 aromatic rings. The normalized spacial score (nSPS) is 11.3. The molecule has 0 atom stereocenters. The predicted molar refractivity (Wildman–Crippen MR) is 70.5 cm³/mol. The second-order valence-corrected chi connectivity index (χ2v) is 5.35. The summed E-state index contributed by atoms with van der Waals surface area (Å²) >= 11 is 1.34. The molecule has 102 valence electrons. The molecule has 19 heavy (non-hydrogen) atoms. The van der Waals surface area contributed by atoms with Gasteiger partial charge in [0.15, 0.2) is 0 Å². The molecule has 2 aromatic heterocycles. The zero-order valence-electron chi connectivity index (χ0n) is 10.7. The van der Waals surface area contributed by atoms with E-state index in [2.05, 4.69) is 10.1 Å². The number of carboxylic acids is 1. The van der Waals surface area contributed by atoms with Crippen molar-refractivity contribution >= 4 is 22.3 Å². The van der Waals surface area contributed by atoms with Gasteiger partial charge in [0.25, 0.3) is 5.56 Å². The summed E-state index contributed by atoms with van der Waals surface area (Å²) in [6.45, 7) is 2.70. The molecule has 1 N–H and O–H groups in total. The fraction of sp³-hybridized carbons (Fsp3) is 0.455. The van der Waals surface area contributed by atoms with Gasteiger partial charge in [-0.1, -0.05) is 11.3 Å². The summed E-state index contributed by atoms with van der Waals surface area (Å²) in [5, 5.41) is 13.5. The highest BCUT2D eigenvalue weighted by molar-refractivity contribution is 7.16. The Morgan fingerprint density at radius 1 is 1.58 bits per heavy atom. The molecule has 0 radical (unpaired) electrons. The monoisotopic (exact) mass is 282 g/mol. The van der Waals surface area contributed by atoms with E-state index in [1.54, 1.807) is 6.92 Å². The molecule has 0 bridgehead atoms. The van der Waals surface area contributed by atoms with Gasteiger partial charge in [-0.3, -0.25) is 14.5 Å². The van der Waals surface area contributed by atoms with Crippen molar-refractivity contribution in [3.8, 4) is 0 Å². The van der Waals surface area contributed by atoms with Gasteiger partial charge < -0.3 is 5.11 Å². The number of aromatic nitrogens is 3. The van der Waals surface area contributed by atoms with Gasteiger partial charge in [0, 0.05) is 18.3 Å². The minimum atomic E-state index is -0.829. The lowest BCUT2D eigenvalue weighted by molar-refractivity contribution is -0.137. The largest absolute Gasteiger partial charge is 0.481 e. The van der Waals surface area contributed by atoms with E-state index in [0.717, 1.165) is 5.01 Å². The molecule has 8 heteroatoms. The van der Waals surface area contributed by atoms with Crippen molar-refractivity contribution in [1.29, 1.82) is 0 Å². The third-order valence-electron chi connectivity index (χ3n) is 2.53. The molecule has 7 nitrogen and oxygen atoms in total. The molecule has 0 saturated heterocycles. The van der Waals surface area contributed by atoms with Crippen LogP contribution in [0.4, 0.5) is 0 Å². The lowest BCUT2D eigenvalue weighted by Crippen LogP contribution is -2.21. The first kappa shape index (κ1) is 13.6. The van der Waals surface area contributed by atoms with Crippen LogP contribution in [-0.4, -0.2) is 44.2 Å². The van der Waals surface area contributed by atoms with Gasteiger partial charge in [0.1, 0.15) is 5.01 Å². The highest BCUT2D eigenvalue weighted by Crippen LogP contribution is 2.13. The molecule has 0 aromatic carbocycles. The van der Waals surface area contributed by atoms with Crippen LogP contribution in [0.3, 0.4) is 0 Å². The van der Waals surface area contributed by atoms with E-state index in [-0.39, 0.29) is 12.0 Å². The SMILES string of the molecule is Cc1cc(=O)n2nc(CN(C)CCC(=O)O)sc2n1. The number of fused-ring (bicyclic) bond motifs is 1. The Bertz CT molecular complexity index is 663. The first-order valence-electron chi connectivity index (χ1n) is 5.72. The molecule has 0 unspecified atom stereocenters. The molecule has 0 aliphatic heterocycles. The van der Waals surface area contributed by atoms with Crippen LogP contribution in [0.2, 0.25) is 0 Å². The standard InChI is InChI=1S/C11H14N4O3S/c1-7-5-9(16)15-11(12-7)19-8(13-15)6-14(2)4-3-10(17)18/h5H,3-4,6H2,1-2H3,(H,17,18). The number of hydrogen-bond acceptors (Lipinski definition) is 6. The lowest BCUT2D eigenvalue weighted by atomic mass is 10.4. The summed E-state index contributed by atoms with van der Waals surface area (Å²) in [5.74, 6) is -0.829. The minimum Gasteiger partial charge on any atom is -0.481 e. The second-order valence-electron chi connectivity index (χ2n) is 4.31. The topological polar surface area (TPSA) is 87.8 Å². The van der Waals surface area contributed by atoms with Crippen molar-refractivity contribution in [3.63, 3.8) is 0 Å². The Kier molecular flexibility index (Phi) is 3.91. The van der Waals surface area contributed by atoms with Crippen LogP contribution in [-0.2, 0) is 11.3 Å². The number of rotatable bonds is 5. The van der Waals surface area contributed by atoms with Gasteiger partial charge in [-0.05, 0) is 14.0 Å². The molecule has 0 amide bonds. The highest BCUT2D eigenvalue weighted by atomic mass is 32.1. The van der Waals surface area contributed by atoms with E-state index >= 15 is 0 Å². The summed E-state index contributed by atoms with van der Waals surface area (Å²) in [5.41, 5.74) is 0.470. The third-order valence-corrected chi connectivity index (χ3v) is 3.42. The average Bonchev–Trinajstić information content (AvgIpc) is 2.69. The van der Waals surface area contributed by atoms with E-state index in [1.165, 1.54) is 21.9 Å². The van der Waals surface area contributed by atoms with E-state index < -0.39 is 5.97 Å². The van der Waals surface area contributed by atoms with Crippen molar-refractivity contribution in [3.05, 3.63) is 27.1 Å². The van der Waals surface area contributed by atoms with Crippen molar-refractivity contribution in [2.24, 2.45) is 0 Å². The minimum absolute atomic E-state index is 0.0820.